The van der Waals surface area contributed by atoms with Crippen molar-refractivity contribution in [1.29, 1.82) is 0 Å². The fourth-order valence-corrected chi connectivity index (χ4v) is 4.20. The first-order valence-electron chi connectivity index (χ1n) is 8.75. The van der Waals surface area contributed by atoms with Gasteiger partial charge in [-0.3, -0.25) is 9.52 Å². The zero-order valence-corrected chi connectivity index (χ0v) is 17.9. The molecule has 0 spiro atoms. The standard InChI is InChI=1S/C21H17BrN2O5S/c22-18-11-10-15(12-17(18)21(26)27)30(28,29)24-19-9-5-4-8-16(19)20(25)23-13-14-6-2-1-3-7-14/h1-12,24H,13H2,(H,23,25)(H,26,27). The van der Waals surface area contributed by atoms with Crippen LogP contribution in [0.2, 0.25) is 0 Å². The van der Waals surface area contributed by atoms with Crippen molar-refractivity contribution in [3.63, 3.8) is 0 Å². The van der Waals surface area contributed by atoms with E-state index in [0.29, 0.717) is 0 Å². The van der Waals surface area contributed by atoms with Crippen molar-refractivity contribution >= 4 is 43.5 Å². The van der Waals surface area contributed by atoms with Crippen LogP contribution in [-0.4, -0.2) is 25.4 Å². The van der Waals surface area contributed by atoms with E-state index in [1.807, 2.05) is 30.3 Å². The zero-order chi connectivity index (χ0) is 21.7. The molecule has 0 fully saturated rings. The SMILES string of the molecule is O=C(O)c1cc(S(=O)(=O)Nc2ccccc2C(=O)NCc2ccccc2)ccc1Br. The minimum absolute atomic E-state index is 0.0860. The van der Waals surface area contributed by atoms with Crippen LogP contribution in [0.15, 0.2) is 82.2 Å². The Morgan fingerprint density at radius 2 is 1.57 bits per heavy atom. The Balaban J connectivity index is 1.84. The summed E-state index contributed by atoms with van der Waals surface area (Å²) in [7, 11) is -4.12. The van der Waals surface area contributed by atoms with Crippen molar-refractivity contribution in [2.45, 2.75) is 11.4 Å². The van der Waals surface area contributed by atoms with E-state index in [1.54, 1.807) is 12.1 Å². The van der Waals surface area contributed by atoms with Gasteiger partial charge in [0.25, 0.3) is 15.9 Å². The molecule has 7 nitrogen and oxygen atoms in total. The first-order valence-corrected chi connectivity index (χ1v) is 11.0. The molecular weight excluding hydrogens is 472 g/mol. The molecule has 9 heteroatoms. The Morgan fingerprint density at radius 1 is 0.900 bits per heavy atom. The van der Waals surface area contributed by atoms with Crippen LogP contribution in [0.3, 0.4) is 0 Å². The Morgan fingerprint density at radius 3 is 2.27 bits per heavy atom. The molecule has 3 aromatic rings. The third-order valence-electron chi connectivity index (χ3n) is 4.19. The van der Waals surface area contributed by atoms with Gasteiger partial charge in [-0.25, -0.2) is 13.2 Å². The van der Waals surface area contributed by atoms with Crippen LogP contribution in [0.4, 0.5) is 5.69 Å². The number of carboxylic acids is 1. The highest BCUT2D eigenvalue weighted by Gasteiger charge is 2.21. The van der Waals surface area contributed by atoms with Crippen LogP contribution < -0.4 is 10.0 Å². The Labute approximate surface area is 181 Å². The molecule has 3 rings (SSSR count). The lowest BCUT2D eigenvalue weighted by Crippen LogP contribution is -2.25. The van der Waals surface area contributed by atoms with Gasteiger partial charge in [0, 0.05) is 11.0 Å². The van der Waals surface area contributed by atoms with Gasteiger partial charge < -0.3 is 10.4 Å². The number of hydrogen-bond acceptors (Lipinski definition) is 4. The highest BCUT2D eigenvalue weighted by molar-refractivity contribution is 9.10. The number of amides is 1. The summed E-state index contributed by atoms with van der Waals surface area (Å²) >= 11 is 3.08. The number of anilines is 1. The molecule has 154 valence electrons. The second kappa shape index (κ2) is 9.10. The number of aromatic carboxylic acids is 1. The van der Waals surface area contributed by atoms with E-state index in [2.05, 4.69) is 26.0 Å². The third kappa shape index (κ3) is 5.05. The van der Waals surface area contributed by atoms with Gasteiger partial charge in [0.2, 0.25) is 0 Å². The summed E-state index contributed by atoms with van der Waals surface area (Å²) in [5.41, 5.74) is 0.946. The number of nitrogens with one attached hydrogen (secondary N) is 2. The molecule has 0 aliphatic heterocycles. The second-order valence-corrected chi connectivity index (χ2v) is 8.80. The molecule has 3 N–H and O–H groups in total. The van der Waals surface area contributed by atoms with Crippen LogP contribution in [0, 0.1) is 0 Å². The largest absolute Gasteiger partial charge is 0.478 e. The summed E-state index contributed by atoms with van der Waals surface area (Å²) in [5, 5.41) is 12.0. The van der Waals surface area contributed by atoms with Crippen LogP contribution in [-0.2, 0) is 16.6 Å². The lowest BCUT2D eigenvalue weighted by molar-refractivity contribution is 0.0695. The second-order valence-electron chi connectivity index (χ2n) is 6.27. The smallest absolute Gasteiger partial charge is 0.336 e. The average molecular weight is 489 g/mol. The maximum Gasteiger partial charge on any atom is 0.336 e. The van der Waals surface area contributed by atoms with Gasteiger partial charge in [0.1, 0.15) is 0 Å². The van der Waals surface area contributed by atoms with Crippen molar-refractivity contribution in [3.8, 4) is 0 Å². The molecule has 30 heavy (non-hydrogen) atoms. The molecule has 0 saturated carbocycles. The van der Waals surface area contributed by atoms with E-state index >= 15 is 0 Å². The van der Waals surface area contributed by atoms with E-state index in [-0.39, 0.29) is 32.7 Å². The van der Waals surface area contributed by atoms with Gasteiger partial charge in [0.05, 0.1) is 21.7 Å². The molecule has 3 aromatic carbocycles. The minimum atomic E-state index is -4.12. The third-order valence-corrected chi connectivity index (χ3v) is 6.25. The van der Waals surface area contributed by atoms with E-state index < -0.39 is 21.9 Å². The number of halogens is 1. The van der Waals surface area contributed by atoms with Gasteiger partial charge in [-0.05, 0) is 51.8 Å². The summed E-state index contributed by atoms with van der Waals surface area (Å²) in [4.78, 5) is 23.7. The maximum atomic E-state index is 12.8. The Hall–Kier alpha value is -3.17. The van der Waals surface area contributed by atoms with Gasteiger partial charge in [-0.2, -0.15) is 0 Å². The van der Waals surface area contributed by atoms with E-state index in [9.17, 15) is 23.1 Å². The van der Waals surface area contributed by atoms with E-state index in [4.69, 9.17) is 0 Å². The molecule has 0 saturated heterocycles. The monoisotopic (exact) mass is 488 g/mol. The predicted octanol–water partition coefficient (Wildman–Crippen LogP) is 3.88. The topological polar surface area (TPSA) is 113 Å². The van der Waals surface area contributed by atoms with Crippen molar-refractivity contribution in [1.82, 2.24) is 5.32 Å². The molecule has 0 aromatic heterocycles. The number of carbonyl (C=O) groups is 2. The molecular formula is C21H17BrN2O5S. The highest BCUT2D eigenvalue weighted by atomic mass is 79.9. The lowest BCUT2D eigenvalue weighted by Gasteiger charge is -2.13. The average Bonchev–Trinajstić information content (AvgIpc) is 2.73. The molecule has 0 bridgehead atoms. The Kier molecular flexibility index (Phi) is 6.53. The number of rotatable bonds is 7. The van der Waals surface area contributed by atoms with Crippen molar-refractivity contribution < 1.29 is 23.1 Å². The normalized spacial score (nSPS) is 11.0. The minimum Gasteiger partial charge on any atom is -0.478 e. The molecule has 0 unspecified atom stereocenters. The molecule has 0 aliphatic rings. The van der Waals surface area contributed by atoms with Crippen LogP contribution in [0.5, 0.6) is 0 Å². The number of sulfonamides is 1. The number of carboxylic acid groups (broad SMARTS) is 1. The predicted molar refractivity (Wildman–Crippen MR) is 116 cm³/mol. The van der Waals surface area contributed by atoms with Crippen molar-refractivity contribution in [2.75, 3.05) is 4.72 Å². The van der Waals surface area contributed by atoms with Crippen molar-refractivity contribution in [2.24, 2.45) is 0 Å². The number of para-hydroxylation sites is 1. The summed E-state index contributed by atoms with van der Waals surface area (Å²) in [5.74, 6) is -1.71. The van der Waals surface area contributed by atoms with Crippen LogP contribution in [0.25, 0.3) is 0 Å². The molecule has 0 heterocycles. The fraction of sp³-hybridized carbons (Fsp3) is 0.0476. The van der Waals surface area contributed by atoms with Crippen molar-refractivity contribution in [3.05, 3.63) is 94.0 Å². The summed E-state index contributed by atoms with van der Waals surface area (Å²) in [6.07, 6.45) is 0. The fourth-order valence-electron chi connectivity index (χ4n) is 2.68. The first-order chi connectivity index (χ1) is 14.3. The quantitative estimate of drug-likeness (QED) is 0.467. The number of benzene rings is 3. The van der Waals surface area contributed by atoms with E-state index in [1.165, 1.54) is 24.3 Å². The first kappa shape index (κ1) is 21.5. The summed E-state index contributed by atoms with van der Waals surface area (Å²) in [6.45, 7) is 0.287. The van der Waals surface area contributed by atoms with Gasteiger partial charge in [-0.15, -0.1) is 0 Å². The molecule has 0 atom stereocenters. The number of carbonyl (C=O) groups excluding carboxylic acids is 1. The van der Waals surface area contributed by atoms with Crippen LogP contribution >= 0.6 is 15.9 Å². The van der Waals surface area contributed by atoms with Gasteiger partial charge in [-0.1, -0.05) is 42.5 Å². The molecule has 1 amide bonds. The highest BCUT2D eigenvalue weighted by Crippen LogP contribution is 2.24. The molecule has 0 aliphatic carbocycles. The molecule has 0 radical (unpaired) electrons. The van der Waals surface area contributed by atoms with Gasteiger partial charge >= 0.3 is 5.97 Å². The maximum absolute atomic E-state index is 12.8. The van der Waals surface area contributed by atoms with Gasteiger partial charge in [0.15, 0.2) is 0 Å². The Bertz CT molecular complexity index is 1200. The lowest BCUT2D eigenvalue weighted by atomic mass is 10.1. The summed E-state index contributed by atoms with van der Waals surface area (Å²) < 4.78 is 28.2. The summed E-state index contributed by atoms with van der Waals surface area (Å²) in [6, 6.07) is 19.2. The number of hydrogen-bond donors (Lipinski definition) is 3. The van der Waals surface area contributed by atoms with E-state index in [0.717, 1.165) is 11.6 Å². The zero-order valence-electron chi connectivity index (χ0n) is 15.5. The van der Waals surface area contributed by atoms with Crippen LogP contribution in [0.1, 0.15) is 26.3 Å².